The van der Waals surface area contributed by atoms with E-state index < -0.39 is 10.5 Å². The van der Waals surface area contributed by atoms with Crippen molar-refractivity contribution in [3.63, 3.8) is 0 Å². The number of nitrogens with zero attached hydrogens (tertiary/aromatic N) is 1. The maximum absolute atomic E-state index is 11.0. The maximum Gasteiger partial charge on any atom is 0.293 e. The van der Waals surface area contributed by atoms with Crippen molar-refractivity contribution in [1.29, 1.82) is 0 Å². The molecule has 106 valence electrons. The van der Waals surface area contributed by atoms with Gasteiger partial charge < -0.3 is 14.8 Å². The zero-order valence-electron chi connectivity index (χ0n) is 10.7. The fourth-order valence-corrected chi connectivity index (χ4v) is 1.91. The van der Waals surface area contributed by atoms with Crippen molar-refractivity contribution in [2.45, 2.75) is 12.5 Å². The van der Waals surface area contributed by atoms with Crippen LogP contribution in [0.3, 0.4) is 0 Å². The molecule has 2 N–H and O–H groups in total. The van der Waals surface area contributed by atoms with Gasteiger partial charge in [-0.3, -0.25) is 10.1 Å². The van der Waals surface area contributed by atoms with Crippen LogP contribution in [0.25, 0.3) is 0 Å². The highest BCUT2D eigenvalue weighted by Gasteiger charge is 2.27. The number of nitro groups is 1. The van der Waals surface area contributed by atoms with E-state index in [-0.39, 0.29) is 22.9 Å². The van der Waals surface area contributed by atoms with E-state index in [1.165, 1.54) is 18.4 Å². The lowest BCUT2D eigenvalue weighted by atomic mass is 10.0. The highest BCUT2D eigenvalue weighted by molar-refractivity contribution is 6.30. The van der Waals surface area contributed by atoms with Crippen LogP contribution in [0.1, 0.15) is 12.7 Å². The Morgan fingerprint density at radius 2 is 2.25 bits per heavy atom. The van der Waals surface area contributed by atoms with Crippen molar-refractivity contribution in [3.8, 4) is 0 Å². The molecule has 0 bridgehead atoms. The average molecular weight is 297 g/mol. The summed E-state index contributed by atoms with van der Waals surface area (Å²) in [7, 11) is 0. The Morgan fingerprint density at radius 1 is 1.50 bits per heavy atom. The fourth-order valence-electron chi connectivity index (χ4n) is 1.74. The standard InChI is InChI=1S/C13H13ClN2O4/c1-13(17,12-3-2-6-20-12)8-15-10-5-4-9(14)7-11(10)16(18)19/h2-7,15,17H,8H2,1H3. The van der Waals surface area contributed by atoms with Crippen molar-refractivity contribution in [3.05, 3.63) is 57.5 Å². The normalized spacial score (nSPS) is 13.8. The average Bonchev–Trinajstić information content (AvgIpc) is 2.91. The van der Waals surface area contributed by atoms with Gasteiger partial charge in [0.15, 0.2) is 0 Å². The van der Waals surface area contributed by atoms with E-state index in [0.29, 0.717) is 5.76 Å². The van der Waals surface area contributed by atoms with Gasteiger partial charge in [-0.25, -0.2) is 0 Å². The minimum atomic E-state index is -1.28. The van der Waals surface area contributed by atoms with E-state index >= 15 is 0 Å². The molecule has 0 radical (unpaired) electrons. The molecule has 7 heteroatoms. The zero-order chi connectivity index (χ0) is 14.8. The molecule has 2 rings (SSSR count). The molecule has 0 saturated heterocycles. The van der Waals surface area contributed by atoms with E-state index in [1.54, 1.807) is 25.1 Å². The molecule has 0 spiro atoms. The molecule has 0 aliphatic rings. The van der Waals surface area contributed by atoms with Gasteiger partial charge in [0.1, 0.15) is 17.0 Å². The summed E-state index contributed by atoms with van der Waals surface area (Å²) >= 11 is 5.74. The molecule has 20 heavy (non-hydrogen) atoms. The smallest absolute Gasteiger partial charge is 0.293 e. The Hall–Kier alpha value is -2.05. The van der Waals surface area contributed by atoms with Gasteiger partial charge in [0.05, 0.1) is 17.7 Å². The number of aliphatic hydroxyl groups is 1. The molecule has 0 fully saturated rings. The number of benzene rings is 1. The maximum atomic E-state index is 11.0. The Kier molecular flexibility index (Phi) is 3.96. The van der Waals surface area contributed by atoms with Crippen LogP contribution in [0, 0.1) is 10.1 Å². The zero-order valence-corrected chi connectivity index (χ0v) is 11.4. The van der Waals surface area contributed by atoms with Gasteiger partial charge in [-0.15, -0.1) is 0 Å². The van der Waals surface area contributed by atoms with E-state index in [1.807, 2.05) is 0 Å². The van der Waals surface area contributed by atoms with E-state index in [0.717, 1.165) is 0 Å². The monoisotopic (exact) mass is 296 g/mol. The Bertz CT molecular complexity index is 611. The molecule has 1 atom stereocenters. The molecule has 0 aliphatic heterocycles. The molecule has 0 aliphatic carbocycles. The molecule has 1 aromatic carbocycles. The van der Waals surface area contributed by atoms with Crippen LogP contribution < -0.4 is 5.32 Å². The largest absolute Gasteiger partial charge is 0.466 e. The second kappa shape index (κ2) is 5.52. The molecule has 0 saturated carbocycles. The van der Waals surface area contributed by atoms with E-state index in [4.69, 9.17) is 16.0 Å². The summed E-state index contributed by atoms with van der Waals surface area (Å²) < 4.78 is 5.14. The van der Waals surface area contributed by atoms with Crippen molar-refractivity contribution in [2.75, 3.05) is 11.9 Å². The first-order chi connectivity index (χ1) is 9.40. The van der Waals surface area contributed by atoms with Gasteiger partial charge in [0.25, 0.3) is 5.69 Å². The Labute approximate surface area is 120 Å². The molecule has 1 unspecified atom stereocenters. The fraction of sp³-hybridized carbons (Fsp3) is 0.231. The van der Waals surface area contributed by atoms with Gasteiger partial charge in [-0.1, -0.05) is 11.6 Å². The number of hydrogen-bond acceptors (Lipinski definition) is 5. The third-order valence-electron chi connectivity index (χ3n) is 2.83. The number of rotatable bonds is 5. The third-order valence-corrected chi connectivity index (χ3v) is 3.07. The number of halogens is 1. The lowest BCUT2D eigenvalue weighted by molar-refractivity contribution is -0.384. The van der Waals surface area contributed by atoms with Crippen molar-refractivity contribution >= 4 is 23.0 Å². The van der Waals surface area contributed by atoms with Crippen LogP contribution in [-0.4, -0.2) is 16.6 Å². The van der Waals surface area contributed by atoms with Crippen LogP contribution in [0.4, 0.5) is 11.4 Å². The second-order valence-electron chi connectivity index (χ2n) is 4.52. The van der Waals surface area contributed by atoms with E-state index in [9.17, 15) is 15.2 Å². The molecule has 2 aromatic rings. The first kappa shape index (κ1) is 14.4. The number of nitro benzene ring substituents is 1. The molecule has 1 heterocycles. The Balaban J connectivity index is 2.17. The van der Waals surface area contributed by atoms with E-state index in [2.05, 4.69) is 5.32 Å². The number of hydrogen-bond donors (Lipinski definition) is 2. The first-order valence-electron chi connectivity index (χ1n) is 5.84. The van der Waals surface area contributed by atoms with Crippen LogP contribution in [0.5, 0.6) is 0 Å². The minimum Gasteiger partial charge on any atom is -0.466 e. The summed E-state index contributed by atoms with van der Waals surface area (Å²) in [5, 5.41) is 24.3. The topological polar surface area (TPSA) is 88.5 Å². The summed E-state index contributed by atoms with van der Waals surface area (Å²) in [5.41, 5.74) is -1.14. The lowest BCUT2D eigenvalue weighted by Crippen LogP contribution is -2.30. The van der Waals surface area contributed by atoms with Crippen LogP contribution >= 0.6 is 11.6 Å². The first-order valence-corrected chi connectivity index (χ1v) is 6.22. The Morgan fingerprint density at radius 3 is 2.85 bits per heavy atom. The summed E-state index contributed by atoms with van der Waals surface area (Å²) in [6.07, 6.45) is 1.45. The molecule has 0 amide bonds. The third kappa shape index (κ3) is 3.09. The predicted octanol–water partition coefficient (Wildman–Crippen LogP) is 3.16. The van der Waals surface area contributed by atoms with Gasteiger partial charge in [-0.05, 0) is 31.2 Å². The molecule has 6 nitrogen and oxygen atoms in total. The number of nitrogens with one attached hydrogen (secondary N) is 1. The highest BCUT2D eigenvalue weighted by atomic mass is 35.5. The summed E-state index contributed by atoms with van der Waals surface area (Å²) in [4.78, 5) is 10.4. The van der Waals surface area contributed by atoms with Gasteiger partial charge in [0, 0.05) is 11.1 Å². The van der Waals surface area contributed by atoms with Crippen LogP contribution in [-0.2, 0) is 5.60 Å². The molecule has 1 aromatic heterocycles. The summed E-state index contributed by atoms with van der Waals surface area (Å²) in [6, 6.07) is 7.59. The number of anilines is 1. The summed E-state index contributed by atoms with van der Waals surface area (Å²) in [6.45, 7) is 1.61. The number of furan rings is 1. The minimum absolute atomic E-state index is 0.0585. The summed E-state index contributed by atoms with van der Waals surface area (Å²) in [5.74, 6) is 0.376. The second-order valence-corrected chi connectivity index (χ2v) is 4.96. The lowest BCUT2D eigenvalue weighted by Gasteiger charge is -2.21. The van der Waals surface area contributed by atoms with Crippen molar-refractivity contribution in [1.82, 2.24) is 0 Å². The van der Waals surface area contributed by atoms with Crippen LogP contribution in [0.15, 0.2) is 41.0 Å². The quantitative estimate of drug-likeness (QED) is 0.653. The predicted molar refractivity (Wildman–Crippen MR) is 74.9 cm³/mol. The SMILES string of the molecule is CC(O)(CNc1ccc(Cl)cc1[N+](=O)[O-])c1ccco1. The van der Waals surface area contributed by atoms with Gasteiger partial charge in [-0.2, -0.15) is 0 Å². The molecular formula is C13H13ClN2O4. The highest BCUT2D eigenvalue weighted by Crippen LogP contribution is 2.29. The molecular weight excluding hydrogens is 284 g/mol. The van der Waals surface area contributed by atoms with Gasteiger partial charge >= 0.3 is 0 Å². The van der Waals surface area contributed by atoms with Crippen LogP contribution in [0.2, 0.25) is 5.02 Å². The van der Waals surface area contributed by atoms with Gasteiger partial charge in [0.2, 0.25) is 0 Å². The van der Waals surface area contributed by atoms with Crippen molar-refractivity contribution in [2.24, 2.45) is 0 Å². The van der Waals surface area contributed by atoms with Crippen molar-refractivity contribution < 1.29 is 14.4 Å².